The van der Waals surface area contributed by atoms with Gasteiger partial charge in [-0.25, -0.2) is 4.98 Å². The van der Waals surface area contributed by atoms with Gasteiger partial charge in [0.25, 0.3) is 0 Å². The third kappa shape index (κ3) is 2.26. The molecule has 0 bridgehead atoms. The smallest absolute Gasteiger partial charge is 0.226 e. The van der Waals surface area contributed by atoms with Gasteiger partial charge in [-0.15, -0.1) is 0 Å². The number of nitrogens with two attached hydrogens (primary N) is 1. The van der Waals surface area contributed by atoms with Crippen LogP contribution >= 0.6 is 11.6 Å². The van der Waals surface area contributed by atoms with Crippen molar-refractivity contribution in [3.05, 3.63) is 11.6 Å². The lowest BCUT2D eigenvalue weighted by Gasteiger charge is -2.27. The third-order valence-corrected chi connectivity index (χ3v) is 3.48. The molecule has 1 aliphatic rings. The lowest BCUT2D eigenvalue weighted by atomic mass is 9.92. The summed E-state index contributed by atoms with van der Waals surface area (Å²) in [5, 5.41) is 3.60. The van der Waals surface area contributed by atoms with E-state index in [0.29, 0.717) is 17.5 Å². The molecule has 1 fully saturated rings. The zero-order valence-corrected chi connectivity index (χ0v) is 10.6. The minimum absolute atomic E-state index is 0.217. The Labute approximate surface area is 109 Å². The van der Waals surface area contributed by atoms with E-state index in [1.807, 2.05) is 0 Å². The van der Waals surface area contributed by atoms with Crippen LogP contribution in [0.2, 0.25) is 5.28 Å². The van der Waals surface area contributed by atoms with E-state index in [0.717, 1.165) is 31.2 Å². The Morgan fingerprint density at radius 2 is 2.28 bits per heavy atom. The number of hydrogen-bond donors (Lipinski definition) is 3. The summed E-state index contributed by atoms with van der Waals surface area (Å²) in [6, 6.07) is 0.600. The Bertz CT molecular complexity index is 553. The molecule has 1 aliphatic carbocycles. The molecule has 7 heteroatoms. The summed E-state index contributed by atoms with van der Waals surface area (Å²) in [7, 11) is 0. The normalized spacial score (nSPS) is 24.3. The predicted molar refractivity (Wildman–Crippen MR) is 70.5 cm³/mol. The van der Waals surface area contributed by atoms with Crippen LogP contribution in [0.3, 0.4) is 0 Å². The van der Waals surface area contributed by atoms with Gasteiger partial charge < -0.3 is 16.0 Å². The van der Waals surface area contributed by atoms with E-state index < -0.39 is 0 Å². The highest BCUT2D eigenvalue weighted by atomic mass is 35.5. The van der Waals surface area contributed by atoms with Crippen LogP contribution in [0.15, 0.2) is 6.33 Å². The van der Waals surface area contributed by atoms with Gasteiger partial charge in [0.1, 0.15) is 5.52 Å². The topological polar surface area (TPSA) is 92.5 Å². The zero-order chi connectivity index (χ0) is 12.5. The maximum absolute atomic E-state index is 5.98. The van der Waals surface area contributed by atoms with Crippen LogP contribution in [0, 0.1) is 0 Å². The minimum atomic E-state index is 0.217. The Kier molecular flexibility index (Phi) is 3.05. The lowest BCUT2D eigenvalue weighted by Crippen LogP contribution is -2.35. The molecule has 1 saturated carbocycles. The monoisotopic (exact) mass is 266 g/mol. The van der Waals surface area contributed by atoms with Crippen molar-refractivity contribution in [3.63, 3.8) is 0 Å². The Morgan fingerprint density at radius 3 is 3.11 bits per heavy atom. The van der Waals surface area contributed by atoms with Crippen LogP contribution in [0.4, 0.5) is 5.82 Å². The molecule has 0 aliphatic heterocycles. The number of anilines is 1. The highest BCUT2D eigenvalue weighted by Gasteiger charge is 2.21. The first-order valence-electron chi connectivity index (χ1n) is 6.11. The minimum Gasteiger partial charge on any atom is -0.365 e. The van der Waals surface area contributed by atoms with Crippen LogP contribution < -0.4 is 11.1 Å². The summed E-state index contributed by atoms with van der Waals surface area (Å²) < 4.78 is 0. The van der Waals surface area contributed by atoms with Gasteiger partial charge in [0.05, 0.1) is 6.33 Å². The standard InChI is InChI=1S/C11H15ClN6/c12-11-17-9-8(14-5-15-9)10(18-11)16-7-3-1-2-6(13)4-7/h5-7H,1-4,13H2,(H2,14,15,16,17,18). The number of nitrogens with one attached hydrogen (secondary N) is 2. The van der Waals surface area contributed by atoms with E-state index in [1.165, 1.54) is 0 Å². The Morgan fingerprint density at radius 1 is 1.39 bits per heavy atom. The van der Waals surface area contributed by atoms with E-state index in [9.17, 15) is 0 Å². The van der Waals surface area contributed by atoms with Gasteiger partial charge in [-0.3, -0.25) is 0 Å². The van der Waals surface area contributed by atoms with Crippen molar-refractivity contribution in [2.45, 2.75) is 37.8 Å². The largest absolute Gasteiger partial charge is 0.365 e. The maximum atomic E-state index is 5.98. The van der Waals surface area contributed by atoms with Crippen molar-refractivity contribution in [2.75, 3.05) is 5.32 Å². The Hall–Kier alpha value is -1.40. The number of aromatic amines is 1. The SMILES string of the molecule is NC1CCCC(Nc2nc(Cl)nc3[nH]cnc23)C1. The van der Waals surface area contributed by atoms with E-state index in [4.69, 9.17) is 17.3 Å². The number of aromatic nitrogens is 4. The van der Waals surface area contributed by atoms with Gasteiger partial charge in [0, 0.05) is 12.1 Å². The van der Waals surface area contributed by atoms with Crippen LogP contribution in [-0.4, -0.2) is 32.0 Å². The lowest BCUT2D eigenvalue weighted by molar-refractivity contribution is 0.409. The van der Waals surface area contributed by atoms with Crippen LogP contribution in [0.5, 0.6) is 0 Å². The number of rotatable bonds is 2. The van der Waals surface area contributed by atoms with Crippen molar-refractivity contribution in [1.82, 2.24) is 19.9 Å². The van der Waals surface area contributed by atoms with Crippen molar-refractivity contribution in [3.8, 4) is 0 Å². The second kappa shape index (κ2) is 4.70. The molecule has 18 heavy (non-hydrogen) atoms. The molecule has 0 amide bonds. The van der Waals surface area contributed by atoms with Crippen molar-refractivity contribution in [1.29, 1.82) is 0 Å². The van der Waals surface area contributed by atoms with E-state index >= 15 is 0 Å². The average molecular weight is 267 g/mol. The van der Waals surface area contributed by atoms with Gasteiger partial charge in [0.2, 0.25) is 5.28 Å². The maximum Gasteiger partial charge on any atom is 0.226 e. The predicted octanol–water partition coefficient (Wildman–Crippen LogP) is 1.69. The highest BCUT2D eigenvalue weighted by Crippen LogP contribution is 2.24. The highest BCUT2D eigenvalue weighted by molar-refractivity contribution is 6.28. The van der Waals surface area contributed by atoms with Gasteiger partial charge in [0.15, 0.2) is 11.5 Å². The first kappa shape index (κ1) is 11.7. The van der Waals surface area contributed by atoms with E-state index in [1.54, 1.807) is 6.33 Å². The second-order valence-corrected chi connectivity index (χ2v) is 5.05. The van der Waals surface area contributed by atoms with Gasteiger partial charge in [-0.2, -0.15) is 9.97 Å². The molecule has 96 valence electrons. The molecule has 0 saturated heterocycles. The average Bonchev–Trinajstić information content (AvgIpc) is 2.77. The third-order valence-electron chi connectivity index (χ3n) is 3.31. The summed E-state index contributed by atoms with van der Waals surface area (Å²) in [5.74, 6) is 0.686. The van der Waals surface area contributed by atoms with Crippen LogP contribution in [-0.2, 0) is 0 Å². The van der Waals surface area contributed by atoms with Crippen molar-refractivity contribution >= 4 is 28.6 Å². The molecule has 2 heterocycles. The quantitative estimate of drug-likeness (QED) is 0.720. The van der Waals surface area contributed by atoms with E-state index in [2.05, 4.69) is 25.3 Å². The van der Waals surface area contributed by atoms with Gasteiger partial charge in [-0.05, 0) is 37.3 Å². The van der Waals surface area contributed by atoms with Crippen LogP contribution in [0.1, 0.15) is 25.7 Å². The molecule has 0 aromatic carbocycles. The van der Waals surface area contributed by atoms with Crippen LogP contribution in [0.25, 0.3) is 11.2 Å². The van der Waals surface area contributed by atoms with Crippen molar-refractivity contribution in [2.24, 2.45) is 5.73 Å². The summed E-state index contributed by atoms with van der Waals surface area (Å²) >= 11 is 5.89. The second-order valence-electron chi connectivity index (χ2n) is 4.71. The molecular formula is C11H15ClN6. The van der Waals surface area contributed by atoms with Crippen molar-refractivity contribution < 1.29 is 0 Å². The molecule has 2 aromatic rings. The fourth-order valence-electron chi connectivity index (χ4n) is 2.46. The molecular weight excluding hydrogens is 252 g/mol. The molecule has 2 aromatic heterocycles. The summed E-state index contributed by atoms with van der Waals surface area (Å²) in [6.07, 6.45) is 5.88. The molecule has 6 nitrogen and oxygen atoms in total. The summed E-state index contributed by atoms with van der Waals surface area (Å²) in [5.41, 5.74) is 7.35. The Balaban J connectivity index is 1.87. The van der Waals surface area contributed by atoms with Gasteiger partial charge >= 0.3 is 0 Å². The zero-order valence-electron chi connectivity index (χ0n) is 9.86. The number of imidazole rings is 1. The van der Waals surface area contributed by atoms with Gasteiger partial charge in [-0.1, -0.05) is 0 Å². The molecule has 0 spiro atoms. The number of halogens is 1. The molecule has 2 unspecified atom stereocenters. The number of H-pyrrole nitrogens is 1. The molecule has 4 N–H and O–H groups in total. The first-order valence-corrected chi connectivity index (χ1v) is 6.49. The molecule has 3 rings (SSSR count). The fourth-order valence-corrected chi connectivity index (χ4v) is 2.63. The summed E-state index contributed by atoms with van der Waals surface area (Å²) in [4.78, 5) is 15.4. The number of fused-ring (bicyclic) bond motifs is 1. The number of nitrogens with zero attached hydrogens (tertiary/aromatic N) is 3. The first-order chi connectivity index (χ1) is 8.72. The number of hydrogen-bond acceptors (Lipinski definition) is 5. The molecule has 2 atom stereocenters. The summed E-state index contributed by atoms with van der Waals surface area (Å²) in [6.45, 7) is 0. The molecule has 0 radical (unpaired) electrons. The fraction of sp³-hybridized carbons (Fsp3) is 0.545. The van der Waals surface area contributed by atoms with E-state index in [-0.39, 0.29) is 11.3 Å².